The zero-order valence-electron chi connectivity index (χ0n) is 28.7. The monoisotopic (exact) mass is 863 g/mol. The number of nitrogens with one attached hydrogen (secondary N) is 2. The number of aliphatic carboxylic acids is 1. The van der Waals surface area contributed by atoms with Crippen LogP contribution in [0.1, 0.15) is 39.3 Å². The van der Waals surface area contributed by atoms with Crippen LogP contribution in [0.15, 0.2) is 12.7 Å². The second-order valence-electron chi connectivity index (χ2n) is 12.1. The van der Waals surface area contributed by atoms with Gasteiger partial charge in [-0.25, -0.2) is 19.3 Å². The van der Waals surface area contributed by atoms with Crippen molar-refractivity contribution >= 4 is 75.1 Å². The van der Waals surface area contributed by atoms with Crippen LogP contribution in [0.25, 0.3) is 11.2 Å². The molecule has 3 heterocycles. The summed E-state index contributed by atoms with van der Waals surface area (Å²) in [6.45, 7) is -0.187. The van der Waals surface area contributed by atoms with Gasteiger partial charge in [-0.3, -0.25) is 32.9 Å². The zero-order valence-corrected chi connectivity index (χ0v) is 32.2. The first-order chi connectivity index (χ1) is 25.4. The number of aliphatic hydroxyl groups excluding tert-OH is 2. The van der Waals surface area contributed by atoms with Gasteiger partial charge in [0.15, 0.2) is 22.8 Å². The number of carboxylic acids is 1. The fourth-order valence-corrected chi connectivity index (χ4v) is 7.97. The van der Waals surface area contributed by atoms with E-state index in [1.54, 1.807) is 0 Å². The maximum absolute atomic E-state index is 12.5. The Labute approximate surface area is 314 Å². The van der Waals surface area contributed by atoms with Gasteiger partial charge in [-0.05, 0) is 0 Å². The number of hydrogen-bond donors (Lipinski definition) is 6. The number of carbonyl (C=O) groups is 4. The van der Waals surface area contributed by atoms with Crippen LogP contribution < -0.4 is 35.9 Å². The molecule has 26 nitrogen and oxygen atoms in total. The van der Waals surface area contributed by atoms with E-state index in [1.807, 2.05) is 0 Å². The number of ether oxygens (including phenoxy) is 1. The van der Waals surface area contributed by atoms with Crippen molar-refractivity contribution in [3.05, 3.63) is 12.7 Å². The Morgan fingerprint density at radius 1 is 1.04 bits per heavy atom. The lowest BCUT2D eigenvalue weighted by Crippen LogP contribution is -2.46. The van der Waals surface area contributed by atoms with E-state index in [2.05, 4.69) is 43.5 Å². The fraction of sp³-hybridized carbons (Fsp3) is 0.640. The Balaban J connectivity index is 1.49. The van der Waals surface area contributed by atoms with Gasteiger partial charge in [-0.1, -0.05) is 25.6 Å². The quantitative estimate of drug-likeness (QED) is 0.0485. The van der Waals surface area contributed by atoms with Crippen molar-refractivity contribution in [3.63, 3.8) is 0 Å². The molecule has 2 aromatic rings. The zero-order chi connectivity index (χ0) is 41.4. The maximum Gasteiger partial charge on any atom is 0.303 e. The van der Waals surface area contributed by atoms with Gasteiger partial charge in [0.25, 0.3) is 15.6 Å². The molecule has 3 rings (SSSR count). The van der Waals surface area contributed by atoms with Crippen LogP contribution in [0.3, 0.4) is 0 Å². The number of thioether (sulfide) groups is 1. The minimum atomic E-state index is -5.93. The largest absolute Gasteiger partial charge is 0.790 e. The van der Waals surface area contributed by atoms with E-state index >= 15 is 0 Å². The summed E-state index contributed by atoms with van der Waals surface area (Å²) >= 11 is 0.837. The lowest BCUT2D eigenvalue weighted by atomic mass is 9.87. The molecule has 2 unspecified atom stereocenters. The number of rotatable bonds is 22. The number of phosphoric ester groups is 3. The normalized spacial score (nSPS) is 21.7. The van der Waals surface area contributed by atoms with Crippen molar-refractivity contribution in [1.82, 2.24) is 30.2 Å². The molecule has 2 amide bonds. The van der Waals surface area contributed by atoms with E-state index in [4.69, 9.17) is 15.6 Å². The van der Waals surface area contributed by atoms with Crippen molar-refractivity contribution in [2.24, 2.45) is 5.41 Å². The number of nitrogen functional groups attached to an aromatic ring is 1. The highest BCUT2D eigenvalue weighted by atomic mass is 32.2. The lowest BCUT2D eigenvalue weighted by Gasteiger charge is -2.36. The standard InChI is InChI=1S/C25H40N7O19P3S/c1-25(2,20(38)23(39)28-6-5-14(33)27-7-8-55-16(36)4-3-15(34)35)10-48-54(45,46)51-53(43,44)47-9-13-19(50-52(40,41)42)18(37)24(49-13)32-12-31-17-21(26)29-11-30-22(17)32/h11-13,18-20,24,37-38H,3-10H2,1-2H3,(H,27,33)(H,28,39)(H,34,35)(H,43,44)(H,45,46)(H2,26,29,30)(H2,40,41,42)/p-4/t13-,18-,19-,20+,24-/m1/s1. The third kappa shape index (κ3) is 14.5. The van der Waals surface area contributed by atoms with Gasteiger partial charge in [0.05, 0.1) is 33.8 Å². The molecular weight excluding hydrogens is 827 g/mol. The number of aromatic nitrogens is 4. The topological polar surface area (TPSA) is 412 Å². The van der Waals surface area contributed by atoms with E-state index in [0.717, 1.165) is 29.0 Å². The summed E-state index contributed by atoms with van der Waals surface area (Å²) in [5.74, 6) is -2.63. The average Bonchev–Trinajstić information content (AvgIpc) is 3.63. The molecule has 55 heavy (non-hydrogen) atoms. The first kappa shape index (κ1) is 46.4. The number of amides is 2. The molecule has 0 saturated carbocycles. The van der Waals surface area contributed by atoms with Gasteiger partial charge in [-0.15, -0.1) is 0 Å². The Morgan fingerprint density at radius 3 is 2.36 bits per heavy atom. The van der Waals surface area contributed by atoms with Crippen molar-refractivity contribution < 1.29 is 90.4 Å². The molecular formula is C25H36N7O19P3S-4. The van der Waals surface area contributed by atoms with Crippen molar-refractivity contribution in [1.29, 1.82) is 0 Å². The first-order valence-electron chi connectivity index (χ1n) is 15.6. The molecule has 7 atom stereocenters. The number of aliphatic hydroxyl groups is 2. The molecule has 0 spiro atoms. The Kier molecular flexibility index (Phi) is 16.4. The summed E-state index contributed by atoms with van der Waals surface area (Å²) in [6.07, 6.45) is -8.24. The molecule has 0 aliphatic carbocycles. The molecule has 1 aliphatic rings. The molecule has 0 radical (unpaired) electrons. The van der Waals surface area contributed by atoms with Gasteiger partial charge < -0.3 is 74.1 Å². The summed E-state index contributed by atoms with van der Waals surface area (Å²) in [5.41, 5.74) is 4.00. The van der Waals surface area contributed by atoms with E-state index in [0.29, 0.717) is 0 Å². The minimum absolute atomic E-state index is 0.0322. The molecule has 30 heteroatoms. The fourth-order valence-electron chi connectivity index (χ4n) is 4.55. The molecule has 2 aromatic heterocycles. The summed E-state index contributed by atoms with van der Waals surface area (Å²) in [5, 5.41) is 34.2. The predicted octanol–water partition coefficient (Wildman–Crippen LogP) is -4.00. The number of nitrogens with zero attached hydrogens (tertiary/aromatic N) is 4. The van der Waals surface area contributed by atoms with Crippen LogP contribution in [0.5, 0.6) is 0 Å². The van der Waals surface area contributed by atoms with E-state index in [9.17, 15) is 62.7 Å². The van der Waals surface area contributed by atoms with Crippen molar-refractivity contribution in [2.45, 2.75) is 63.8 Å². The van der Waals surface area contributed by atoms with Crippen molar-refractivity contribution in [3.8, 4) is 0 Å². The summed E-state index contributed by atoms with van der Waals surface area (Å²) in [4.78, 5) is 106. The van der Waals surface area contributed by atoms with Crippen LogP contribution in [0.2, 0.25) is 0 Å². The number of carbonyl (C=O) groups excluding carboxylic acids is 3. The predicted molar refractivity (Wildman–Crippen MR) is 175 cm³/mol. The number of phosphoric acid groups is 3. The number of nitrogens with two attached hydrogens (primary N) is 1. The first-order valence-corrected chi connectivity index (χ1v) is 21.0. The van der Waals surface area contributed by atoms with Crippen LogP contribution >= 0.6 is 35.2 Å². The third-order valence-electron chi connectivity index (χ3n) is 7.28. The third-order valence-corrected chi connectivity index (χ3v) is 11.2. The molecule has 0 bridgehead atoms. The molecule has 310 valence electrons. The van der Waals surface area contributed by atoms with Crippen molar-refractivity contribution in [2.75, 3.05) is 37.8 Å². The van der Waals surface area contributed by atoms with Gasteiger partial charge in [-0.2, -0.15) is 0 Å². The number of imidazole rings is 1. The second kappa shape index (κ2) is 19.5. The van der Waals surface area contributed by atoms with Gasteiger partial charge in [0, 0.05) is 37.1 Å². The maximum atomic E-state index is 12.5. The molecule has 1 fully saturated rings. The number of carboxylic acid groups (broad SMARTS) is 1. The van der Waals surface area contributed by atoms with Gasteiger partial charge in [0.1, 0.15) is 36.3 Å². The van der Waals surface area contributed by atoms with Crippen LogP contribution in [-0.2, 0) is 55.5 Å². The highest BCUT2D eigenvalue weighted by molar-refractivity contribution is 8.13. The van der Waals surface area contributed by atoms with E-state index in [-0.39, 0.29) is 60.2 Å². The minimum Gasteiger partial charge on any atom is -0.790 e. The van der Waals surface area contributed by atoms with E-state index in [1.165, 1.54) is 13.8 Å². The summed E-state index contributed by atoms with van der Waals surface area (Å²) < 4.78 is 60.3. The smallest absolute Gasteiger partial charge is 0.303 e. The number of anilines is 1. The Hall–Kier alpha value is -2.97. The van der Waals surface area contributed by atoms with Crippen LogP contribution in [-0.4, -0.2) is 114 Å². The number of fused-ring (bicyclic) bond motifs is 1. The Morgan fingerprint density at radius 2 is 1.71 bits per heavy atom. The van der Waals surface area contributed by atoms with E-state index < -0.39 is 90.5 Å². The molecule has 0 aromatic carbocycles. The number of hydrogen-bond acceptors (Lipinski definition) is 23. The van der Waals surface area contributed by atoms with Gasteiger partial charge >= 0.3 is 5.97 Å². The molecule has 1 saturated heterocycles. The average molecular weight is 864 g/mol. The molecule has 1 aliphatic heterocycles. The highest BCUT2D eigenvalue weighted by Gasteiger charge is 2.47. The van der Waals surface area contributed by atoms with Crippen LogP contribution in [0, 0.1) is 5.41 Å². The van der Waals surface area contributed by atoms with Gasteiger partial charge in [0.2, 0.25) is 11.8 Å². The lowest BCUT2D eigenvalue weighted by molar-refractivity contribution is -0.347. The highest BCUT2D eigenvalue weighted by Crippen LogP contribution is 2.56. The SMILES string of the molecule is CC(C)(COP(=O)([O-])OP(=O)([O-])OC[C@H]1O[C@@H](n2cnc3c(N)ncnc32)[C@H](O)[C@@H]1OP(=O)([O-])[O-])[C@@H](O)C(=O)NCCC(=O)NCCSC(=O)CCC(=O)O. The Bertz CT molecular complexity index is 1850. The molecule has 7 N–H and O–H groups in total. The van der Waals surface area contributed by atoms with Crippen LogP contribution in [0.4, 0.5) is 5.82 Å². The second-order valence-corrected chi connectivity index (χ2v) is 17.3. The summed E-state index contributed by atoms with van der Waals surface area (Å²) in [6, 6.07) is 0. The summed E-state index contributed by atoms with van der Waals surface area (Å²) in [7, 11) is -17.6.